The van der Waals surface area contributed by atoms with Crippen LogP contribution >= 0.6 is 0 Å². The van der Waals surface area contributed by atoms with Gasteiger partial charge in [0.05, 0.1) is 25.4 Å². The van der Waals surface area contributed by atoms with E-state index >= 15 is 0 Å². The maximum atomic E-state index is 14.2. The van der Waals surface area contributed by atoms with E-state index < -0.39 is 5.41 Å². The molecule has 6 nitrogen and oxygen atoms in total. The van der Waals surface area contributed by atoms with E-state index in [1.165, 1.54) is 0 Å². The number of aromatic nitrogens is 1. The molecule has 2 heterocycles. The number of carbonyl (C=O) groups excluding carboxylic acids is 1. The first kappa shape index (κ1) is 23.8. The van der Waals surface area contributed by atoms with Crippen molar-refractivity contribution in [3.63, 3.8) is 0 Å². The number of benzene rings is 2. The predicted octanol–water partition coefficient (Wildman–Crippen LogP) is 4.48. The van der Waals surface area contributed by atoms with Crippen LogP contribution in [0.5, 0.6) is 11.5 Å². The summed E-state index contributed by atoms with van der Waals surface area (Å²) in [7, 11) is 1.65. The number of nitrogens with zero attached hydrogens (tertiary/aromatic N) is 2. The van der Waals surface area contributed by atoms with Crippen LogP contribution in [0.15, 0.2) is 79.0 Å². The average Bonchev–Trinajstić information content (AvgIpc) is 2.89. The molecule has 1 aromatic heterocycles. The number of rotatable bonds is 9. The Balaban J connectivity index is 1.71. The highest BCUT2D eigenvalue weighted by molar-refractivity contribution is 5.83. The molecule has 34 heavy (non-hydrogen) atoms. The summed E-state index contributed by atoms with van der Waals surface area (Å²) < 4.78 is 11.5. The van der Waals surface area contributed by atoms with Crippen LogP contribution in [0.1, 0.15) is 37.1 Å². The highest BCUT2D eigenvalue weighted by atomic mass is 16.5. The smallest absolute Gasteiger partial charge is 0.229 e. The highest BCUT2D eigenvalue weighted by Gasteiger charge is 2.41. The number of piperidine rings is 1. The Hall–Kier alpha value is -3.38. The van der Waals surface area contributed by atoms with Gasteiger partial charge in [0, 0.05) is 11.6 Å². The zero-order valence-corrected chi connectivity index (χ0v) is 19.9. The second kappa shape index (κ2) is 11.2. The molecule has 1 saturated heterocycles. The minimum atomic E-state index is -0.441. The fourth-order valence-electron chi connectivity index (χ4n) is 4.53. The van der Waals surface area contributed by atoms with Gasteiger partial charge in [-0.2, -0.15) is 0 Å². The van der Waals surface area contributed by atoms with E-state index in [1.807, 2.05) is 77.7 Å². The monoisotopic (exact) mass is 459 g/mol. The fourth-order valence-corrected chi connectivity index (χ4v) is 4.53. The molecule has 1 aliphatic rings. The van der Waals surface area contributed by atoms with Gasteiger partial charge in [-0.3, -0.25) is 9.78 Å². The zero-order chi connectivity index (χ0) is 23.8. The van der Waals surface area contributed by atoms with Gasteiger partial charge >= 0.3 is 0 Å². The van der Waals surface area contributed by atoms with E-state index in [9.17, 15) is 4.79 Å². The van der Waals surface area contributed by atoms with Gasteiger partial charge in [0.25, 0.3) is 0 Å². The van der Waals surface area contributed by atoms with Gasteiger partial charge in [0.15, 0.2) is 0 Å². The number of para-hydroxylation sites is 1. The van der Waals surface area contributed by atoms with Crippen molar-refractivity contribution in [2.75, 3.05) is 33.4 Å². The van der Waals surface area contributed by atoms with Gasteiger partial charge < -0.3 is 19.7 Å². The van der Waals surface area contributed by atoms with Gasteiger partial charge in [-0.25, -0.2) is 0 Å². The highest BCUT2D eigenvalue weighted by Crippen LogP contribution is 2.37. The third kappa shape index (κ3) is 5.57. The van der Waals surface area contributed by atoms with Crippen molar-refractivity contribution in [3.8, 4) is 11.5 Å². The zero-order valence-electron chi connectivity index (χ0n) is 19.9. The minimum Gasteiger partial charge on any atom is -0.497 e. The quantitative estimate of drug-likeness (QED) is 0.511. The molecule has 1 aliphatic heterocycles. The largest absolute Gasteiger partial charge is 0.497 e. The Bertz CT molecular complexity index is 1050. The lowest BCUT2D eigenvalue weighted by atomic mass is 9.79. The number of methoxy groups -OCH3 is 1. The van der Waals surface area contributed by atoms with Crippen molar-refractivity contribution >= 4 is 5.91 Å². The minimum absolute atomic E-state index is 0.129. The van der Waals surface area contributed by atoms with Crippen LogP contribution in [0.3, 0.4) is 0 Å². The first-order valence-electron chi connectivity index (χ1n) is 11.9. The second-order valence-electron chi connectivity index (χ2n) is 8.90. The molecule has 0 bridgehead atoms. The molecule has 0 radical (unpaired) electrons. The summed E-state index contributed by atoms with van der Waals surface area (Å²) >= 11 is 0. The first-order chi connectivity index (χ1) is 16.6. The summed E-state index contributed by atoms with van der Waals surface area (Å²) in [5, 5.41) is 3.38. The topological polar surface area (TPSA) is 63.7 Å². The van der Waals surface area contributed by atoms with Gasteiger partial charge in [0.2, 0.25) is 5.91 Å². The lowest BCUT2D eigenvalue weighted by Crippen LogP contribution is -2.50. The SMILES string of the molecule is COc1cccc([C@@H](c2ccccn2)N(CCOc2ccccc2)C(=O)C2(C)CCNCC2)c1. The number of pyridine rings is 1. The maximum Gasteiger partial charge on any atom is 0.229 e. The Kier molecular flexibility index (Phi) is 7.80. The number of hydrogen-bond donors (Lipinski definition) is 1. The van der Waals surface area contributed by atoms with Crippen molar-refractivity contribution in [3.05, 3.63) is 90.3 Å². The maximum absolute atomic E-state index is 14.2. The molecule has 0 spiro atoms. The van der Waals surface area contributed by atoms with E-state index in [-0.39, 0.29) is 11.9 Å². The first-order valence-corrected chi connectivity index (χ1v) is 11.9. The molecule has 3 aromatic rings. The van der Waals surface area contributed by atoms with E-state index in [1.54, 1.807) is 13.3 Å². The molecule has 6 heteroatoms. The molecule has 1 fully saturated rings. The molecule has 178 valence electrons. The lowest BCUT2D eigenvalue weighted by Gasteiger charge is -2.41. The van der Waals surface area contributed by atoms with E-state index in [2.05, 4.69) is 17.2 Å². The van der Waals surface area contributed by atoms with Crippen molar-refractivity contribution in [1.82, 2.24) is 15.2 Å². The summed E-state index contributed by atoms with van der Waals surface area (Å²) in [6.07, 6.45) is 3.38. The fraction of sp³-hybridized carbons (Fsp3) is 0.357. The third-order valence-corrected chi connectivity index (χ3v) is 6.52. The molecular formula is C28H33N3O3. The Morgan fingerprint density at radius 2 is 1.76 bits per heavy atom. The Morgan fingerprint density at radius 3 is 2.47 bits per heavy atom. The van der Waals surface area contributed by atoms with E-state index in [4.69, 9.17) is 9.47 Å². The van der Waals surface area contributed by atoms with Gasteiger partial charge in [-0.15, -0.1) is 0 Å². The summed E-state index contributed by atoms with van der Waals surface area (Å²) in [6, 6.07) is 23.1. The number of carbonyl (C=O) groups is 1. The third-order valence-electron chi connectivity index (χ3n) is 6.52. The number of amides is 1. The molecule has 0 aliphatic carbocycles. The molecule has 4 rings (SSSR count). The van der Waals surface area contributed by atoms with E-state index in [0.717, 1.165) is 48.7 Å². The van der Waals surface area contributed by atoms with Crippen LogP contribution in [0.25, 0.3) is 0 Å². The van der Waals surface area contributed by atoms with Gasteiger partial charge in [-0.1, -0.05) is 43.3 Å². The molecular weight excluding hydrogens is 426 g/mol. The summed E-state index contributed by atoms with van der Waals surface area (Å²) in [4.78, 5) is 20.8. The number of nitrogens with one attached hydrogen (secondary N) is 1. The number of ether oxygens (including phenoxy) is 2. The molecule has 0 unspecified atom stereocenters. The summed E-state index contributed by atoms with van der Waals surface area (Å²) in [5.74, 6) is 1.67. The van der Waals surface area contributed by atoms with Crippen molar-refractivity contribution < 1.29 is 14.3 Å². The van der Waals surface area contributed by atoms with Crippen molar-refractivity contribution in [1.29, 1.82) is 0 Å². The van der Waals surface area contributed by atoms with Gasteiger partial charge in [0.1, 0.15) is 18.1 Å². The molecule has 1 amide bonds. The van der Waals surface area contributed by atoms with Crippen LogP contribution < -0.4 is 14.8 Å². The summed E-state index contributed by atoms with van der Waals surface area (Å²) in [6.45, 7) is 4.59. The van der Waals surface area contributed by atoms with Gasteiger partial charge in [-0.05, 0) is 67.9 Å². The average molecular weight is 460 g/mol. The van der Waals surface area contributed by atoms with Crippen LogP contribution in [0.2, 0.25) is 0 Å². The van der Waals surface area contributed by atoms with E-state index in [0.29, 0.717) is 13.2 Å². The lowest BCUT2D eigenvalue weighted by molar-refractivity contribution is -0.145. The Labute approximate surface area is 201 Å². The standard InChI is InChI=1S/C28H33N3O3/c1-28(14-17-29-18-15-28)27(32)31(19-20-34-23-10-4-3-5-11-23)26(25-13-6-7-16-30-25)22-9-8-12-24(21-22)33-2/h3-13,16,21,26,29H,14-15,17-20H2,1-2H3/t26-/m0/s1. The molecule has 1 N–H and O–H groups in total. The van der Waals surface area contributed by atoms with Crippen LogP contribution in [0.4, 0.5) is 0 Å². The predicted molar refractivity (Wildman–Crippen MR) is 133 cm³/mol. The molecule has 2 aromatic carbocycles. The number of hydrogen-bond acceptors (Lipinski definition) is 5. The van der Waals surface area contributed by atoms with Crippen LogP contribution in [-0.2, 0) is 4.79 Å². The normalized spacial score (nSPS) is 15.8. The molecule has 1 atom stereocenters. The van der Waals surface area contributed by atoms with Crippen LogP contribution in [-0.4, -0.2) is 49.1 Å². The van der Waals surface area contributed by atoms with Crippen molar-refractivity contribution in [2.24, 2.45) is 5.41 Å². The second-order valence-corrected chi connectivity index (χ2v) is 8.90. The van der Waals surface area contributed by atoms with Crippen molar-refractivity contribution in [2.45, 2.75) is 25.8 Å². The molecule has 0 saturated carbocycles. The van der Waals surface area contributed by atoms with Crippen LogP contribution in [0, 0.1) is 5.41 Å². The Morgan fingerprint density at radius 1 is 1.03 bits per heavy atom. The summed E-state index contributed by atoms with van der Waals surface area (Å²) in [5.41, 5.74) is 1.34.